The van der Waals surface area contributed by atoms with E-state index < -0.39 is 0 Å². The minimum atomic E-state index is 0. The maximum absolute atomic E-state index is 3.25. The number of halogens is 3. The summed E-state index contributed by atoms with van der Waals surface area (Å²) < 4.78 is 0. The molecule has 0 fully saturated rings. The Balaban J connectivity index is -0.000000101. The molecule has 0 bridgehead atoms. The second-order valence-corrected chi connectivity index (χ2v) is 2.55. The van der Waals surface area contributed by atoms with Crippen LogP contribution >= 0.6 is 37.2 Å². The van der Waals surface area contributed by atoms with Gasteiger partial charge in [-0.1, -0.05) is 0 Å². The van der Waals surface area contributed by atoms with Gasteiger partial charge in [-0.3, -0.25) is 6.08 Å². The minimum absolute atomic E-state index is 0. The molecule has 5 heteroatoms. The van der Waals surface area contributed by atoms with Crippen molar-refractivity contribution in [1.29, 1.82) is 0 Å². The van der Waals surface area contributed by atoms with Gasteiger partial charge >= 0.3 is 0 Å². The van der Waals surface area contributed by atoms with Crippen molar-refractivity contribution in [2.75, 3.05) is 20.6 Å². The van der Waals surface area contributed by atoms with E-state index in [0.29, 0.717) is 0 Å². The minimum Gasteiger partial charge on any atom is -0.308 e. The number of rotatable bonds is 2. The van der Waals surface area contributed by atoms with Crippen LogP contribution in [0, 0.1) is 6.08 Å². The summed E-state index contributed by atoms with van der Waals surface area (Å²) in [5.41, 5.74) is 1.32. The molecule has 1 aliphatic rings. The Hall–Kier alpha value is 1.18. The Morgan fingerprint density at radius 2 is 1.85 bits per heavy atom. The largest absolute Gasteiger partial charge is 0.308 e. The molecule has 1 aliphatic carbocycles. The van der Waals surface area contributed by atoms with Crippen LogP contribution < -0.4 is 0 Å². The first kappa shape index (κ1) is 23.8. The van der Waals surface area contributed by atoms with Gasteiger partial charge < -0.3 is 4.90 Å². The van der Waals surface area contributed by atoms with E-state index in [1.165, 1.54) is 5.57 Å². The Labute approximate surface area is 118 Å². The van der Waals surface area contributed by atoms with Crippen molar-refractivity contribution in [2.45, 2.75) is 6.42 Å². The van der Waals surface area contributed by atoms with Crippen molar-refractivity contribution in [3.8, 4) is 0 Å². The van der Waals surface area contributed by atoms with Crippen molar-refractivity contribution in [2.24, 2.45) is 0 Å². The maximum atomic E-state index is 3.25. The number of nitrogens with zero attached hydrogens (tertiary/aromatic N) is 1. The Morgan fingerprint density at radius 1 is 1.31 bits per heavy atom. The summed E-state index contributed by atoms with van der Waals surface area (Å²) in [6, 6.07) is 0. The second kappa shape index (κ2) is 13.2. The van der Waals surface area contributed by atoms with Gasteiger partial charge in [-0.15, -0.1) is 43.6 Å². The van der Waals surface area contributed by atoms with Crippen LogP contribution in [0.2, 0.25) is 0 Å². The van der Waals surface area contributed by atoms with Crippen LogP contribution in [0.15, 0.2) is 17.7 Å². The summed E-state index contributed by atoms with van der Waals surface area (Å²) in [5, 5.41) is 0. The zero-order valence-electron chi connectivity index (χ0n) is 7.74. The van der Waals surface area contributed by atoms with Crippen LogP contribution in [0.3, 0.4) is 0 Å². The molecule has 0 aromatic carbocycles. The van der Waals surface area contributed by atoms with Gasteiger partial charge in [0.05, 0.1) is 0 Å². The Kier molecular flexibility index (Phi) is 24.1. The predicted molar refractivity (Wildman–Crippen MR) is 60.8 cm³/mol. The second-order valence-electron chi connectivity index (χ2n) is 2.55. The van der Waals surface area contributed by atoms with Gasteiger partial charge in [0.1, 0.15) is 0 Å². The molecule has 0 heterocycles. The number of allylic oxidation sites excluding steroid dienone is 2. The summed E-state index contributed by atoms with van der Waals surface area (Å²) in [7, 11) is 4.14. The summed E-state index contributed by atoms with van der Waals surface area (Å²) >= 11 is 0. The van der Waals surface area contributed by atoms with E-state index in [4.69, 9.17) is 0 Å². The van der Waals surface area contributed by atoms with Crippen LogP contribution in [0.4, 0.5) is 0 Å². The van der Waals surface area contributed by atoms with Crippen LogP contribution in [0.25, 0.3) is 0 Å². The molecule has 0 aromatic heterocycles. The average molecular weight is 410 g/mol. The van der Waals surface area contributed by atoms with E-state index in [2.05, 4.69) is 37.2 Å². The van der Waals surface area contributed by atoms with Gasteiger partial charge in [0.25, 0.3) is 0 Å². The SMILES string of the molecule is CN(C)CC1=[C-]CC=C1.Cl.Cl.Cl.[Hf]. The first-order valence-electron chi connectivity index (χ1n) is 3.20. The number of hydrogen-bond acceptors (Lipinski definition) is 1. The first-order valence-corrected chi connectivity index (χ1v) is 3.20. The zero-order chi connectivity index (χ0) is 6.69. The number of likely N-dealkylation sites (N-methyl/N-ethyl adjacent to an activating group) is 1. The smallest absolute Gasteiger partial charge is 0 e. The third-order valence-electron chi connectivity index (χ3n) is 1.25. The van der Waals surface area contributed by atoms with E-state index in [9.17, 15) is 0 Å². The van der Waals surface area contributed by atoms with Crippen LogP contribution in [0.1, 0.15) is 6.42 Å². The molecule has 0 N–H and O–H groups in total. The Morgan fingerprint density at radius 3 is 2.15 bits per heavy atom. The summed E-state index contributed by atoms with van der Waals surface area (Å²) in [4.78, 5) is 2.15. The summed E-state index contributed by atoms with van der Waals surface area (Å²) in [6.07, 6.45) is 8.53. The van der Waals surface area contributed by atoms with Crippen molar-refractivity contribution < 1.29 is 25.8 Å². The molecule has 0 atom stereocenters. The molecular weight excluding hydrogens is 395 g/mol. The van der Waals surface area contributed by atoms with E-state index in [-0.39, 0.29) is 63.1 Å². The van der Waals surface area contributed by atoms with Gasteiger partial charge in [-0.2, -0.15) is 6.08 Å². The van der Waals surface area contributed by atoms with E-state index in [1.807, 2.05) is 0 Å². The summed E-state index contributed by atoms with van der Waals surface area (Å²) in [6.45, 7) is 1.02. The zero-order valence-corrected chi connectivity index (χ0v) is 13.8. The first-order chi connectivity index (χ1) is 4.29. The third-order valence-corrected chi connectivity index (χ3v) is 1.25. The normalized spacial score (nSPS) is 11.8. The molecule has 0 saturated heterocycles. The topological polar surface area (TPSA) is 3.24 Å². The molecule has 0 unspecified atom stereocenters. The molecule has 1 nitrogen and oxygen atoms in total. The predicted octanol–water partition coefficient (Wildman–Crippen LogP) is 2.50. The fourth-order valence-corrected chi connectivity index (χ4v) is 0.899. The third kappa shape index (κ3) is 11.1. The van der Waals surface area contributed by atoms with Crippen molar-refractivity contribution in [3.05, 3.63) is 23.8 Å². The molecule has 0 radical (unpaired) electrons. The molecule has 0 aliphatic heterocycles. The molecule has 0 spiro atoms. The van der Waals surface area contributed by atoms with Crippen LogP contribution in [0.5, 0.6) is 0 Å². The fourth-order valence-electron chi connectivity index (χ4n) is 0.899. The summed E-state index contributed by atoms with van der Waals surface area (Å²) in [5.74, 6) is 0. The maximum Gasteiger partial charge on any atom is 0 e. The van der Waals surface area contributed by atoms with E-state index >= 15 is 0 Å². The van der Waals surface area contributed by atoms with Crippen LogP contribution in [-0.2, 0) is 25.8 Å². The fraction of sp³-hybridized carbons (Fsp3) is 0.500. The average Bonchev–Trinajstić information content (AvgIpc) is 2.15. The van der Waals surface area contributed by atoms with E-state index in [0.717, 1.165) is 13.0 Å². The molecule has 1 rings (SSSR count). The van der Waals surface area contributed by atoms with Crippen molar-refractivity contribution >= 4 is 37.2 Å². The molecular formula is C8H15Cl3HfN-. The van der Waals surface area contributed by atoms with E-state index in [1.54, 1.807) is 0 Å². The quantitative estimate of drug-likeness (QED) is 0.500. The molecule has 0 saturated carbocycles. The van der Waals surface area contributed by atoms with Crippen molar-refractivity contribution in [1.82, 2.24) is 4.90 Å². The monoisotopic (exact) mass is 410 g/mol. The van der Waals surface area contributed by atoms with Crippen molar-refractivity contribution in [3.63, 3.8) is 0 Å². The number of hydrogen-bond donors (Lipinski definition) is 0. The molecule has 0 amide bonds. The molecule has 78 valence electrons. The van der Waals surface area contributed by atoms with Gasteiger partial charge in [-0.05, 0) is 20.6 Å². The standard InChI is InChI=1S/C8H12N.3ClH.Hf/c1-9(2)7-8-5-3-4-6-8;;;;/h3,5H,4,7H2,1-2H3;3*1H;/q-1;;;;. The van der Waals surface area contributed by atoms with Gasteiger partial charge in [0.2, 0.25) is 0 Å². The molecule has 0 aromatic rings. The van der Waals surface area contributed by atoms with Gasteiger partial charge in [-0.25, -0.2) is 11.6 Å². The van der Waals surface area contributed by atoms with Gasteiger partial charge in [0, 0.05) is 25.8 Å². The molecule has 13 heavy (non-hydrogen) atoms. The van der Waals surface area contributed by atoms with Gasteiger partial charge in [0.15, 0.2) is 0 Å². The Bertz CT molecular complexity index is 157. The van der Waals surface area contributed by atoms with Crippen LogP contribution in [-0.4, -0.2) is 25.5 Å².